The van der Waals surface area contributed by atoms with Crippen molar-refractivity contribution in [2.45, 2.75) is 24.3 Å². The summed E-state index contributed by atoms with van der Waals surface area (Å²) in [5, 5.41) is 17.7. The fourth-order valence-corrected chi connectivity index (χ4v) is 0.966. The van der Waals surface area contributed by atoms with Crippen molar-refractivity contribution in [1.82, 2.24) is 0 Å². The quantitative estimate of drug-likeness (QED) is 0.356. The number of aliphatic hydroxyl groups excluding tert-OH is 2. The zero-order chi connectivity index (χ0) is 7.72. The van der Waals surface area contributed by atoms with E-state index in [1.807, 2.05) is 0 Å². The van der Waals surface area contributed by atoms with Gasteiger partial charge < -0.3 is 20.7 Å². The van der Waals surface area contributed by atoms with Crippen molar-refractivity contribution in [2.75, 3.05) is 6.61 Å². The van der Waals surface area contributed by atoms with Crippen molar-refractivity contribution in [1.29, 1.82) is 0 Å². The van der Waals surface area contributed by atoms with Crippen LogP contribution in [0.15, 0.2) is 0 Å². The summed E-state index contributed by atoms with van der Waals surface area (Å²) in [5.41, 5.74) is 5.38. The number of rotatable bonds is 1. The van der Waals surface area contributed by atoms with Crippen molar-refractivity contribution in [3.8, 4) is 0 Å². The number of nitrogens with two attached hydrogens (primary N) is 1. The van der Waals surface area contributed by atoms with E-state index in [1.165, 1.54) is 0 Å². The Morgan fingerprint density at radius 1 is 1.60 bits per heavy atom. The summed E-state index contributed by atoms with van der Waals surface area (Å²) in [6.07, 6.45) is -1.47. The molecule has 4 nitrogen and oxygen atoms in total. The van der Waals surface area contributed by atoms with Gasteiger partial charge in [-0.3, -0.25) is 0 Å². The van der Waals surface area contributed by atoms with Gasteiger partial charge >= 0.3 is 0 Å². The fraction of sp³-hybridized carbons (Fsp3) is 1.00. The molecule has 4 atom stereocenters. The van der Waals surface area contributed by atoms with Gasteiger partial charge in [-0.15, -0.1) is 0 Å². The van der Waals surface area contributed by atoms with Crippen LogP contribution in [0.5, 0.6) is 0 Å². The molecule has 2 radical (unpaired) electrons. The lowest BCUT2D eigenvalue weighted by Gasteiger charge is -2.11. The minimum Gasteiger partial charge on any atom is -0.394 e. The Hall–Kier alpha value is -0.0951. The van der Waals surface area contributed by atoms with Crippen LogP contribution in [0.4, 0.5) is 0 Å². The number of aliphatic hydroxyl groups is 2. The van der Waals surface area contributed by atoms with E-state index in [0.29, 0.717) is 0 Å². The molecule has 56 valence electrons. The van der Waals surface area contributed by atoms with Crippen LogP contribution in [0, 0.1) is 0 Å². The summed E-state index contributed by atoms with van der Waals surface area (Å²) in [7, 11) is 5.32. The lowest BCUT2D eigenvalue weighted by molar-refractivity contribution is -0.00436. The topological polar surface area (TPSA) is 75.7 Å². The van der Waals surface area contributed by atoms with Gasteiger partial charge in [0.1, 0.15) is 14.0 Å². The van der Waals surface area contributed by atoms with Gasteiger partial charge in [-0.2, -0.15) is 0 Å². The Balaban J connectivity index is 2.53. The highest BCUT2D eigenvalue weighted by Gasteiger charge is 2.37. The molecule has 0 saturated carbocycles. The van der Waals surface area contributed by atoms with Crippen molar-refractivity contribution >= 4 is 7.85 Å². The summed E-state index contributed by atoms with van der Waals surface area (Å²) >= 11 is 0. The highest BCUT2D eigenvalue weighted by molar-refractivity contribution is 6.11. The minimum absolute atomic E-state index is 0.247. The van der Waals surface area contributed by atoms with Gasteiger partial charge in [-0.25, -0.2) is 0 Å². The third-order valence-electron chi connectivity index (χ3n) is 1.67. The Morgan fingerprint density at radius 2 is 2.20 bits per heavy atom. The molecule has 1 aliphatic rings. The molecule has 0 amide bonds. The third kappa shape index (κ3) is 1.18. The first-order valence-corrected chi connectivity index (χ1v) is 3.12. The molecule has 0 aromatic rings. The SMILES string of the molecule is [B][C@@H]1O[C@H](CO)C(O)C1N. The standard InChI is InChI=1S/C5H10BNO3/c6-5-3(7)4(9)2(1-8)10-5/h2-5,8-9H,1,7H2/t2-,3?,4?,5-/m1/s1. The molecule has 1 heterocycles. The van der Waals surface area contributed by atoms with E-state index in [-0.39, 0.29) is 6.61 Å². The van der Waals surface area contributed by atoms with Crippen LogP contribution in [0.1, 0.15) is 0 Å². The molecule has 10 heavy (non-hydrogen) atoms. The zero-order valence-corrected chi connectivity index (χ0v) is 5.47. The normalized spacial score (nSPS) is 47.9. The maximum Gasteiger partial charge on any atom is 0.111 e. The highest BCUT2D eigenvalue weighted by atomic mass is 16.5. The van der Waals surface area contributed by atoms with E-state index in [2.05, 4.69) is 0 Å². The van der Waals surface area contributed by atoms with Crippen LogP contribution in [-0.2, 0) is 4.74 Å². The highest BCUT2D eigenvalue weighted by Crippen LogP contribution is 2.16. The summed E-state index contributed by atoms with van der Waals surface area (Å²) in [6.45, 7) is -0.247. The third-order valence-corrected chi connectivity index (χ3v) is 1.67. The molecule has 4 N–H and O–H groups in total. The van der Waals surface area contributed by atoms with Crippen LogP contribution >= 0.6 is 0 Å². The molecular formula is C5H10BNO3. The van der Waals surface area contributed by atoms with E-state index < -0.39 is 24.3 Å². The molecule has 5 heteroatoms. The van der Waals surface area contributed by atoms with Gasteiger partial charge in [0.2, 0.25) is 0 Å². The number of hydrogen-bond acceptors (Lipinski definition) is 4. The van der Waals surface area contributed by atoms with E-state index in [9.17, 15) is 0 Å². The molecular weight excluding hydrogens is 133 g/mol. The van der Waals surface area contributed by atoms with Crippen molar-refractivity contribution in [3.63, 3.8) is 0 Å². The van der Waals surface area contributed by atoms with Gasteiger partial charge in [-0.1, -0.05) is 0 Å². The molecule has 0 spiro atoms. The van der Waals surface area contributed by atoms with Crippen LogP contribution < -0.4 is 5.73 Å². The van der Waals surface area contributed by atoms with Crippen molar-refractivity contribution in [2.24, 2.45) is 5.73 Å². The predicted octanol–water partition coefficient (Wildman–Crippen LogP) is -2.44. The summed E-state index contributed by atoms with van der Waals surface area (Å²) in [5.74, 6) is 0. The van der Waals surface area contributed by atoms with Gasteiger partial charge in [-0.05, 0) is 0 Å². The van der Waals surface area contributed by atoms with E-state index >= 15 is 0 Å². The zero-order valence-electron chi connectivity index (χ0n) is 5.47. The van der Waals surface area contributed by atoms with E-state index in [1.54, 1.807) is 0 Å². The summed E-state index contributed by atoms with van der Waals surface area (Å²) in [4.78, 5) is 0. The minimum atomic E-state index is -0.847. The fourth-order valence-electron chi connectivity index (χ4n) is 0.966. The molecule has 1 fully saturated rings. The molecule has 0 aromatic carbocycles. The largest absolute Gasteiger partial charge is 0.394 e. The van der Waals surface area contributed by atoms with Gasteiger partial charge in [0.25, 0.3) is 0 Å². The van der Waals surface area contributed by atoms with Crippen molar-refractivity contribution < 1.29 is 14.9 Å². The van der Waals surface area contributed by atoms with Crippen LogP contribution in [0.3, 0.4) is 0 Å². The first-order chi connectivity index (χ1) is 4.66. The first kappa shape index (κ1) is 8.01. The van der Waals surface area contributed by atoms with Gasteiger partial charge in [0.05, 0.1) is 18.8 Å². The monoisotopic (exact) mass is 143 g/mol. The number of ether oxygens (including phenoxy) is 1. The maximum absolute atomic E-state index is 9.14. The number of hydrogen-bond donors (Lipinski definition) is 3. The lowest BCUT2D eigenvalue weighted by atomic mass is 9.91. The smallest absolute Gasteiger partial charge is 0.111 e. The molecule has 1 aliphatic heterocycles. The first-order valence-electron chi connectivity index (χ1n) is 3.12. The van der Waals surface area contributed by atoms with Gasteiger partial charge in [0, 0.05) is 6.00 Å². The van der Waals surface area contributed by atoms with E-state index in [0.717, 1.165) is 0 Å². The van der Waals surface area contributed by atoms with Crippen molar-refractivity contribution in [3.05, 3.63) is 0 Å². The molecule has 0 aliphatic carbocycles. The summed E-state index contributed by atoms with van der Waals surface area (Å²) in [6, 6.07) is -1.25. The lowest BCUT2D eigenvalue weighted by Crippen LogP contribution is -2.41. The van der Waals surface area contributed by atoms with Gasteiger partial charge in [0.15, 0.2) is 0 Å². The second-order valence-corrected chi connectivity index (χ2v) is 2.39. The predicted molar refractivity (Wildman–Crippen MR) is 35.5 cm³/mol. The molecule has 0 aromatic heterocycles. The second kappa shape index (κ2) is 2.88. The Bertz CT molecular complexity index is 123. The second-order valence-electron chi connectivity index (χ2n) is 2.39. The average molecular weight is 143 g/mol. The molecule has 1 saturated heterocycles. The maximum atomic E-state index is 9.14. The van der Waals surface area contributed by atoms with Crippen LogP contribution in [0.25, 0.3) is 0 Å². The summed E-state index contributed by atoms with van der Waals surface area (Å²) < 4.78 is 4.89. The van der Waals surface area contributed by atoms with E-state index in [4.69, 9.17) is 28.5 Å². The molecule has 0 bridgehead atoms. The Morgan fingerprint density at radius 3 is 2.40 bits per heavy atom. The average Bonchev–Trinajstić information content (AvgIpc) is 2.17. The van der Waals surface area contributed by atoms with Crippen LogP contribution in [-0.4, -0.2) is 48.9 Å². The Labute approximate surface area is 60.4 Å². The Kier molecular flexibility index (Phi) is 2.30. The molecule has 2 unspecified atom stereocenters. The molecule has 1 rings (SSSR count). The van der Waals surface area contributed by atoms with Crippen LogP contribution in [0.2, 0.25) is 0 Å².